The van der Waals surface area contributed by atoms with Crippen molar-refractivity contribution in [2.24, 2.45) is 0 Å². The lowest BCUT2D eigenvalue weighted by Gasteiger charge is -2.19. The molecule has 0 fully saturated rings. The number of anilines is 3. The molecule has 33 heavy (non-hydrogen) atoms. The Labute approximate surface area is 188 Å². The molecule has 0 unspecified atom stereocenters. The van der Waals surface area contributed by atoms with E-state index in [2.05, 4.69) is 5.32 Å². The third-order valence-electron chi connectivity index (χ3n) is 5.21. The van der Waals surface area contributed by atoms with Crippen molar-refractivity contribution in [1.82, 2.24) is 0 Å². The fraction of sp³-hybridized carbons (Fsp3) is 0.120. The van der Waals surface area contributed by atoms with Crippen LogP contribution in [0.2, 0.25) is 0 Å². The topological polar surface area (TPSA) is 52.6 Å². The molecule has 0 saturated carbocycles. The number of imide groups is 1. The molecular formula is C25H20F3N3O2. The fourth-order valence-electron chi connectivity index (χ4n) is 3.58. The number of nitrogens with one attached hydrogen (secondary N) is 1. The number of rotatable bonds is 5. The molecule has 0 saturated heterocycles. The molecule has 8 heteroatoms. The summed E-state index contributed by atoms with van der Waals surface area (Å²) in [6.07, 6.45) is -4.54. The molecule has 1 aliphatic rings. The summed E-state index contributed by atoms with van der Waals surface area (Å²) in [5.41, 5.74) is 0.838. The number of hydrogen-bond donors (Lipinski definition) is 1. The average molecular weight is 451 g/mol. The Morgan fingerprint density at radius 2 is 1.52 bits per heavy atom. The molecule has 2 amide bonds. The maximum Gasteiger partial charge on any atom is 0.416 e. The highest BCUT2D eigenvalue weighted by Crippen LogP contribution is 2.36. The van der Waals surface area contributed by atoms with Crippen LogP contribution >= 0.6 is 0 Å². The molecule has 3 aromatic rings. The van der Waals surface area contributed by atoms with Crippen molar-refractivity contribution in [3.63, 3.8) is 0 Å². The zero-order valence-corrected chi connectivity index (χ0v) is 17.9. The van der Waals surface area contributed by atoms with Gasteiger partial charge in [0, 0.05) is 25.5 Å². The first kappa shape index (κ1) is 22.1. The van der Waals surface area contributed by atoms with Gasteiger partial charge in [0.15, 0.2) is 0 Å². The largest absolute Gasteiger partial charge is 0.416 e. The first-order valence-electron chi connectivity index (χ1n) is 10.1. The van der Waals surface area contributed by atoms with Crippen molar-refractivity contribution in [2.75, 3.05) is 29.2 Å². The van der Waals surface area contributed by atoms with E-state index in [1.165, 1.54) is 12.1 Å². The van der Waals surface area contributed by atoms with Gasteiger partial charge in [-0.3, -0.25) is 9.59 Å². The van der Waals surface area contributed by atoms with Crippen molar-refractivity contribution in [3.05, 3.63) is 95.7 Å². The van der Waals surface area contributed by atoms with Crippen molar-refractivity contribution >= 4 is 34.4 Å². The Morgan fingerprint density at radius 1 is 0.818 bits per heavy atom. The van der Waals surface area contributed by atoms with E-state index in [1.54, 1.807) is 48.5 Å². The fourth-order valence-corrected chi connectivity index (χ4v) is 3.58. The van der Waals surface area contributed by atoms with Gasteiger partial charge in [-0.25, -0.2) is 4.90 Å². The Hall–Kier alpha value is -4.07. The van der Waals surface area contributed by atoms with Gasteiger partial charge in [-0.1, -0.05) is 42.5 Å². The SMILES string of the molecule is CN(C)c1cccc(N2C(=O)C(Nc3cccc(C(F)(F)F)c3)=C(c3ccccc3)C2=O)c1. The van der Waals surface area contributed by atoms with Crippen LogP contribution in [0.4, 0.5) is 30.2 Å². The van der Waals surface area contributed by atoms with E-state index in [4.69, 9.17) is 0 Å². The third kappa shape index (κ3) is 4.32. The molecule has 4 rings (SSSR count). The van der Waals surface area contributed by atoms with Crippen LogP contribution < -0.4 is 15.1 Å². The summed E-state index contributed by atoms with van der Waals surface area (Å²) in [6, 6.07) is 20.0. The zero-order valence-electron chi connectivity index (χ0n) is 17.9. The smallest absolute Gasteiger partial charge is 0.378 e. The van der Waals surface area contributed by atoms with Gasteiger partial charge in [0.25, 0.3) is 11.8 Å². The molecule has 5 nitrogen and oxygen atoms in total. The molecule has 3 aromatic carbocycles. The maximum atomic E-state index is 13.4. The summed E-state index contributed by atoms with van der Waals surface area (Å²) < 4.78 is 39.5. The lowest BCUT2D eigenvalue weighted by Crippen LogP contribution is -2.32. The maximum absolute atomic E-state index is 13.4. The number of carbonyl (C=O) groups excluding carboxylic acids is 2. The molecule has 1 N–H and O–H groups in total. The molecule has 0 spiro atoms. The van der Waals surface area contributed by atoms with Crippen LogP contribution in [0.5, 0.6) is 0 Å². The molecule has 0 radical (unpaired) electrons. The second kappa shape index (κ2) is 8.46. The van der Waals surface area contributed by atoms with Gasteiger partial charge in [-0.2, -0.15) is 13.2 Å². The van der Waals surface area contributed by atoms with Gasteiger partial charge in [-0.15, -0.1) is 0 Å². The lowest BCUT2D eigenvalue weighted by atomic mass is 10.0. The highest BCUT2D eigenvalue weighted by atomic mass is 19.4. The number of halogens is 3. The number of carbonyl (C=O) groups is 2. The van der Waals surface area contributed by atoms with E-state index in [9.17, 15) is 22.8 Å². The van der Waals surface area contributed by atoms with Gasteiger partial charge in [-0.05, 0) is 42.0 Å². The minimum absolute atomic E-state index is 0.0540. The second-order valence-electron chi connectivity index (χ2n) is 7.68. The number of amides is 2. The molecule has 1 heterocycles. The average Bonchev–Trinajstić information content (AvgIpc) is 3.03. The Morgan fingerprint density at radius 3 is 2.18 bits per heavy atom. The van der Waals surface area contributed by atoms with Crippen molar-refractivity contribution in [3.8, 4) is 0 Å². The van der Waals surface area contributed by atoms with Crippen LogP contribution in [0.3, 0.4) is 0 Å². The predicted octanol–water partition coefficient (Wildman–Crippen LogP) is 5.17. The summed E-state index contributed by atoms with van der Waals surface area (Å²) in [4.78, 5) is 29.7. The van der Waals surface area contributed by atoms with Crippen LogP contribution in [0.1, 0.15) is 11.1 Å². The Balaban J connectivity index is 1.80. The monoisotopic (exact) mass is 451 g/mol. The Bertz CT molecular complexity index is 1250. The molecule has 1 aliphatic heterocycles. The minimum atomic E-state index is -4.54. The highest BCUT2D eigenvalue weighted by molar-refractivity contribution is 6.46. The van der Waals surface area contributed by atoms with Gasteiger partial charge in [0.05, 0.1) is 16.8 Å². The van der Waals surface area contributed by atoms with E-state index in [0.717, 1.165) is 22.7 Å². The summed E-state index contributed by atoms with van der Waals surface area (Å²) in [6.45, 7) is 0. The van der Waals surface area contributed by atoms with Crippen molar-refractivity contribution in [1.29, 1.82) is 0 Å². The summed E-state index contributed by atoms with van der Waals surface area (Å²) in [5, 5.41) is 2.78. The van der Waals surface area contributed by atoms with Crippen LogP contribution in [0, 0.1) is 0 Å². The van der Waals surface area contributed by atoms with Crippen LogP contribution in [0.15, 0.2) is 84.6 Å². The van der Waals surface area contributed by atoms with E-state index < -0.39 is 23.6 Å². The number of alkyl halides is 3. The van der Waals surface area contributed by atoms with E-state index >= 15 is 0 Å². The molecule has 0 atom stereocenters. The molecule has 0 aromatic heterocycles. The zero-order chi connectivity index (χ0) is 23.8. The van der Waals surface area contributed by atoms with Gasteiger partial charge < -0.3 is 10.2 Å². The molecular weight excluding hydrogens is 431 g/mol. The molecule has 0 bridgehead atoms. The van der Waals surface area contributed by atoms with Gasteiger partial charge in [0.1, 0.15) is 5.70 Å². The van der Waals surface area contributed by atoms with Crippen molar-refractivity contribution < 1.29 is 22.8 Å². The lowest BCUT2D eigenvalue weighted by molar-refractivity contribution is -0.137. The van der Waals surface area contributed by atoms with Gasteiger partial charge in [0.2, 0.25) is 0 Å². The Kier molecular flexibility index (Phi) is 5.68. The standard InChI is InChI=1S/C25H20F3N3O2/c1-30(2)19-12-7-13-20(15-19)31-23(32)21(16-8-4-3-5-9-16)22(24(31)33)29-18-11-6-10-17(14-18)25(26,27)28/h3-15,29H,1-2H3. The van der Waals surface area contributed by atoms with Crippen molar-refractivity contribution in [2.45, 2.75) is 6.18 Å². The number of benzene rings is 3. The van der Waals surface area contributed by atoms with Crippen LogP contribution in [-0.4, -0.2) is 25.9 Å². The number of hydrogen-bond acceptors (Lipinski definition) is 4. The molecule has 168 valence electrons. The summed E-state index contributed by atoms with van der Waals surface area (Å²) >= 11 is 0. The van der Waals surface area contributed by atoms with Crippen LogP contribution in [-0.2, 0) is 15.8 Å². The molecule has 0 aliphatic carbocycles. The summed E-state index contributed by atoms with van der Waals surface area (Å²) in [7, 11) is 3.67. The van der Waals surface area contributed by atoms with Gasteiger partial charge >= 0.3 is 6.18 Å². The quantitative estimate of drug-likeness (QED) is 0.544. The van der Waals surface area contributed by atoms with E-state index in [1.807, 2.05) is 25.1 Å². The minimum Gasteiger partial charge on any atom is -0.378 e. The van der Waals surface area contributed by atoms with E-state index in [0.29, 0.717) is 11.3 Å². The second-order valence-corrected chi connectivity index (χ2v) is 7.68. The predicted molar refractivity (Wildman–Crippen MR) is 122 cm³/mol. The first-order chi connectivity index (χ1) is 15.7. The first-order valence-corrected chi connectivity index (χ1v) is 10.1. The third-order valence-corrected chi connectivity index (χ3v) is 5.21. The normalized spacial score (nSPS) is 14.2. The number of nitrogens with zero attached hydrogens (tertiary/aromatic N) is 2. The highest BCUT2D eigenvalue weighted by Gasteiger charge is 2.40. The summed E-state index contributed by atoms with van der Waals surface area (Å²) in [5.74, 6) is -1.20. The van der Waals surface area contributed by atoms with Crippen LogP contribution in [0.25, 0.3) is 5.57 Å². The van der Waals surface area contributed by atoms with E-state index in [-0.39, 0.29) is 17.0 Å².